The number of hydrogen-bond acceptors (Lipinski definition) is 5. The molecule has 0 aromatic heterocycles. The number of rotatable bonds is 13. The molecule has 1 unspecified atom stereocenters. The van der Waals surface area contributed by atoms with Crippen LogP contribution in [0.4, 0.5) is 0 Å². The van der Waals surface area contributed by atoms with Crippen LogP contribution in [0.5, 0.6) is 0 Å². The first kappa shape index (κ1) is 24.7. The molecule has 0 aromatic rings. The number of unbranched alkanes of at least 4 members (excludes halogenated alkanes) is 3. The van der Waals surface area contributed by atoms with Gasteiger partial charge < -0.3 is 24.7 Å². The molecule has 32 heavy (non-hydrogen) atoms. The third kappa shape index (κ3) is 4.19. The number of carboxylic acid groups (broad SMARTS) is 1. The van der Waals surface area contributed by atoms with Gasteiger partial charge in [0.15, 0.2) is 0 Å². The predicted molar refractivity (Wildman–Crippen MR) is 119 cm³/mol. The van der Waals surface area contributed by atoms with E-state index in [0.717, 1.165) is 25.7 Å². The lowest BCUT2D eigenvalue weighted by atomic mass is 9.70. The van der Waals surface area contributed by atoms with Crippen LogP contribution >= 0.6 is 0 Å². The molecule has 3 heterocycles. The van der Waals surface area contributed by atoms with Gasteiger partial charge in [-0.25, -0.2) is 0 Å². The van der Waals surface area contributed by atoms with Gasteiger partial charge in [0, 0.05) is 25.7 Å². The second-order valence-electron chi connectivity index (χ2n) is 9.48. The maximum Gasteiger partial charge on any atom is 0.310 e. The number of carbonyl (C=O) groups excluding carboxylic acids is 2. The number of fused-ring (bicyclic) bond motifs is 1. The van der Waals surface area contributed by atoms with Gasteiger partial charge in [0.1, 0.15) is 11.6 Å². The Balaban J connectivity index is 1.92. The number of carbonyl (C=O) groups is 3. The Hall–Kier alpha value is -1.93. The molecule has 0 saturated carbocycles. The SMILES string of the molecule is C=CCN(C(=O)[C@H]1N(CCCCCCO)C(=O)[C@@H]2[C@@H](C(=O)O)[C@H]3CC[C@]21O3)C(C)CCC. The Bertz CT molecular complexity index is 727. The summed E-state index contributed by atoms with van der Waals surface area (Å²) in [6, 6.07) is -0.817. The summed E-state index contributed by atoms with van der Waals surface area (Å²) in [5.41, 5.74) is -1.06. The largest absolute Gasteiger partial charge is 0.481 e. The zero-order chi connectivity index (χ0) is 23.5. The smallest absolute Gasteiger partial charge is 0.310 e. The van der Waals surface area contributed by atoms with E-state index in [1.165, 1.54) is 0 Å². The molecule has 8 heteroatoms. The molecule has 3 aliphatic rings. The molecule has 8 nitrogen and oxygen atoms in total. The molecule has 2 bridgehead atoms. The van der Waals surface area contributed by atoms with Gasteiger partial charge in [-0.2, -0.15) is 0 Å². The summed E-state index contributed by atoms with van der Waals surface area (Å²) >= 11 is 0. The highest BCUT2D eigenvalue weighted by Crippen LogP contribution is 2.58. The number of aliphatic carboxylic acids is 1. The van der Waals surface area contributed by atoms with Crippen molar-refractivity contribution >= 4 is 17.8 Å². The number of nitrogens with zero attached hydrogens (tertiary/aromatic N) is 2. The van der Waals surface area contributed by atoms with Crippen LogP contribution in [0.2, 0.25) is 0 Å². The predicted octanol–water partition coefficient (Wildman–Crippen LogP) is 2.20. The second kappa shape index (κ2) is 10.3. The maximum absolute atomic E-state index is 14.0. The van der Waals surface area contributed by atoms with E-state index in [-0.39, 0.29) is 24.5 Å². The van der Waals surface area contributed by atoms with Gasteiger partial charge in [-0.15, -0.1) is 6.58 Å². The van der Waals surface area contributed by atoms with Gasteiger partial charge in [-0.05, 0) is 39.0 Å². The number of ether oxygens (including phenoxy) is 1. The topological polar surface area (TPSA) is 107 Å². The fourth-order valence-electron chi connectivity index (χ4n) is 6.06. The number of aliphatic hydroxyl groups excluding tert-OH is 1. The van der Waals surface area contributed by atoms with Crippen LogP contribution in [0.15, 0.2) is 12.7 Å². The third-order valence-corrected chi connectivity index (χ3v) is 7.47. The minimum Gasteiger partial charge on any atom is -0.481 e. The maximum atomic E-state index is 14.0. The highest BCUT2D eigenvalue weighted by molar-refractivity contribution is 5.98. The van der Waals surface area contributed by atoms with Gasteiger partial charge >= 0.3 is 5.97 Å². The van der Waals surface area contributed by atoms with Crippen LogP contribution in [-0.2, 0) is 19.1 Å². The fourth-order valence-corrected chi connectivity index (χ4v) is 6.06. The fraction of sp³-hybridized carbons (Fsp3) is 0.792. The van der Waals surface area contributed by atoms with Crippen molar-refractivity contribution in [2.75, 3.05) is 19.7 Å². The van der Waals surface area contributed by atoms with E-state index < -0.39 is 35.6 Å². The minimum atomic E-state index is -1.06. The van der Waals surface area contributed by atoms with Crippen LogP contribution < -0.4 is 0 Å². The molecule has 0 aromatic carbocycles. The zero-order valence-corrected chi connectivity index (χ0v) is 19.4. The van der Waals surface area contributed by atoms with Crippen molar-refractivity contribution in [3.05, 3.63) is 12.7 Å². The van der Waals surface area contributed by atoms with Crippen molar-refractivity contribution in [3.63, 3.8) is 0 Å². The monoisotopic (exact) mass is 450 g/mol. The first-order valence-corrected chi connectivity index (χ1v) is 12.1. The number of hydrogen-bond donors (Lipinski definition) is 2. The average molecular weight is 451 g/mol. The standard InChI is InChI=1S/C24H38N2O6/c1-4-10-16(3)25(13-5-2)22(29)20-24-12-11-17(32-24)18(23(30)31)19(24)21(28)26(20)14-8-6-7-9-15-27/h5,16-20,27H,2,4,6-15H2,1,3H3,(H,30,31)/t16?,17-,18+,19+,20-,24+/m1/s1. The average Bonchev–Trinajstić information content (AvgIpc) is 3.39. The first-order valence-electron chi connectivity index (χ1n) is 12.1. The quantitative estimate of drug-likeness (QED) is 0.329. The van der Waals surface area contributed by atoms with Crippen molar-refractivity contribution in [2.45, 2.75) is 89.0 Å². The lowest BCUT2D eigenvalue weighted by molar-refractivity contribution is -0.151. The second-order valence-corrected chi connectivity index (χ2v) is 9.48. The molecule has 3 saturated heterocycles. The Morgan fingerprint density at radius 3 is 2.69 bits per heavy atom. The Labute approximate surface area is 190 Å². The Morgan fingerprint density at radius 1 is 1.34 bits per heavy atom. The molecule has 3 rings (SSSR count). The summed E-state index contributed by atoms with van der Waals surface area (Å²) in [4.78, 5) is 42.9. The Morgan fingerprint density at radius 2 is 2.06 bits per heavy atom. The van der Waals surface area contributed by atoms with E-state index in [0.29, 0.717) is 38.8 Å². The van der Waals surface area contributed by atoms with E-state index in [1.54, 1.807) is 15.9 Å². The summed E-state index contributed by atoms with van der Waals surface area (Å²) in [5, 5.41) is 18.9. The highest BCUT2D eigenvalue weighted by atomic mass is 16.5. The summed E-state index contributed by atoms with van der Waals surface area (Å²) in [7, 11) is 0. The summed E-state index contributed by atoms with van der Waals surface area (Å²) in [6.07, 6.45) is 7.11. The van der Waals surface area contributed by atoms with Crippen LogP contribution in [0.25, 0.3) is 0 Å². The van der Waals surface area contributed by atoms with E-state index in [2.05, 4.69) is 13.5 Å². The molecule has 2 N–H and O–H groups in total. The van der Waals surface area contributed by atoms with E-state index >= 15 is 0 Å². The van der Waals surface area contributed by atoms with Crippen molar-refractivity contribution in [1.82, 2.24) is 9.80 Å². The molecular weight excluding hydrogens is 412 g/mol. The van der Waals surface area contributed by atoms with Crippen molar-refractivity contribution < 1.29 is 29.3 Å². The first-order chi connectivity index (χ1) is 15.3. The van der Waals surface area contributed by atoms with Gasteiger partial charge in [0.05, 0.1) is 17.9 Å². The third-order valence-electron chi connectivity index (χ3n) is 7.47. The number of carboxylic acids is 1. The summed E-state index contributed by atoms with van der Waals surface area (Å²) < 4.78 is 6.26. The van der Waals surface area contributed by atoms with E-state index in [9.17, 15) is 19.5 Å². The van der Waals surface area contributed by atoms with Crippen LogP contribution in [0.1, 0.15) is 65.2 Å². The molecule has 3 aliphatic heterocycles. The molecule has 0 radical (unpaired) electrons. The number of aliphatic hydroxyl groups is 1. The highest BCUT2D eigenvalue weighted by Gasteiger charge is 2.74. The zero-order valence-electron chi connectivity index (χ0n) is 19.4. The molecular formula is C24H38N2O6. The lowest BCUT2D eigenvalue weighted by Gasteiger charge is -2.39. The van der Waals surface area contributed by atoms with Crippen molar-refractivity contribution in [2.24, 2.45) is 11.8 Å². The van der Waals surface area contributed by atoms with Crippen molar-refractivity contribution in [1.29, 1.82) is 0 Å². The van der Waals surface area contributed by atoms with Gasteiger partial charge in [0.25, 0.3) is 0 Å². The van der Waals surface area contributed by atoms with Gasteiger partial charge in [-0.3, -0.25) is 14.4 Å². The molecule has 6 atom stereocenters. The number of likely N-dealkylation sites (tertiary alicyclic amines) is 1. The molecule has 0 aliphatic carbocycles. The minimum absolute atomic E-state index is 0.0173. The van der Waals surface area contributed by atoms with Crippen LogP contribution in [-0.4, -0.2) is 81.3 Å². The van der Waals surface area contributed by atoms with Crippen LogP contribution in [0, 0.1) is 11.8 Å². The molecule has 1 spiro atoms. The van der Waals surface area contributed by atoms with Crippen molar-refractivity contribution in [3.8, 4) is 0 Å². The molecule has 180 valence electrons. The van der Waals surface area contributed by atoms with Crippen LogP contribution in [0.3, 0.4) is 0 Å². The summed E-state index contributed by atoms with van der Waals surface area (Å²) in [6.45, 7) is 8.78. The normalized spacial score (nSPS) is 31.6. The number of amides is 2. The van der Waals surface area contributed by atoms with Gasteiger partial charge in [-0.1, -0.05) is 32.3 Å². The molecule has 3 fully saturated rings. The lowest BCUT2D eigenvalue weighted by Crippen LogP contribution is -2.57. The summed E-state index contributed by atoms with van der Waals surface area (Å²) in [5.74, 6) is -3.15. The van der Waals surface area contributed by atoms with E-state index in [4.69, 9.17) is 9.84 Å². The van der Waals surface area contributed by atoms with Gasteiger partial charge in [0.2, 0.25) is 11.8 Å². The Kier molecular flexibility index (Phi) is 7.98. The molecule has 2 amide bonds. The van der Waals surface area contributed by atoms with E-state index in [1.807, 2.05) is 6.92 Å².